The number of hydrogen-bond acceptors (Lipinski definition) is 6. The number of thioether (sulfide) groups is 1. The highest BCUT2D eigenvalue weighted by Gasteiger charge is 2.28. The Morgan fingerprint density at radius 2 is 1.89 bits per heavy atom. The van der Waals surface area contributed by atoms with Crippen LogP contribution in [0.15, 0.2) is 52.5 Å². The second-order valence-corrected chi connectivity index (χ2v) is 10.4. The molecule has 1 amide bonds. The number of aromatic nitrogens is 6. The van der Waals surface area contributed by atoms with E-state index < -0.39 is 5.25 Å². The molecule has 0 fully saturated rings. The Morgan fingerprint density at radius 3 is 2.66 bits per heavy atom. The monoisotopic (exact) mass is 491 g/mol. The predicted octanol–water partition coefficient (Wildman–Crippen LogP) is 4.16. The standard InChI is InChI=1S/C25H29N7O2S/c1-16(2)31-20(13-14-26-31)27-23(33)17(3)35-25-28-22-21(19-12-8-5-9-15-30(19)25)24(34)32(29-22)18-10-6-4-7-11-18/h4,6-7,10-11,13-14,16-17H,5,8-9,12,15H2,1-3H3,(H,27,33). The molecule has 0 bridgehead atoms. The van der Waals surface area contributed by atoms with Gasteiger partial charge in [-0.25, -0.2) is 9.67 Å². The lowest BCUT2D eigenvalue weighted by molar-refractivity contribution is -0.115. The maximum absolute atomic E-state index is 13.4. The van der Waals surface area contributed by atoms with Crippen molar-refractivity contribution in [1.29, 1.82) is 0 Å². The highest BCUT2D eigenvalue weighted by molar-refractivity contribution is 8.00. The van der Waals surface area contributed by atoms with Crippen LogP contribution in [0.1, 0.15) is 51.8 Å². The maximum atomic E-state index is 13.4. The molecule has 1 atom stereocenters. The fraction of sp³-hybridized carbons (Fsp3) is 0.400. The summed E-state index contributed by atoms with van der Waals surface area (Å²) in [5.74, 6) is 0.978. The zero-order chi connectivity index (χ0) is 24.5. The van der Waals surface area contributed by atoms with Crippen LogP contribution in [0.25, 0.3) is 17.1 Å². The lowest BCUT2D eigenvalue weighted by atomic mass is 10.1. The SMILES string of the molecule is CC(Sc1nc2nn(-c3ccccc3)c(=O)c-2c2n1CCCCC2)C(=O)Nc1ccnn1C(C)C. The maximum Gasteiger partial charge on any atom is 0.284 e. The van der Waals surface area contributed by atoms with E-state index in [2.05, 4.69) is 20.1 Å². The van der Waals surface area contributed by atoms with Crippen molar-refractivity contribution in [2.75, 3.05) is 5.32 Å². The number of para-hydroxylation sites is 1. The molecule has 1 N–H and O–H groups in total. The van der Waals surface area contributed by atoms with Crippen molar-refractivity contribution >= 4 is 23.5 Å². The first kappa shape index (κ1) is 23.3. The van der Waals surface area contributed by atoms with Crippen LogP contribution in [0.5, 0.6) is 0 Å². The van der Waals surface area contributed by atoms with E-state index in [4.69, 9.17) is 4.98 Å². The van der Waals surface area contributed by atoms with Crippen LogP contribution in [0.3, 0.4) is 0 Å². The van der Waals surface area contributed by atoms with Gasteiger partial charge >= 0.3 is 0 Å². The van der Waals surface area contributed by atoms with Gasteiger partial charge in [0.25, 0.3) is 5.56 Å². The first-order valence-corrected chi connectivity index (χ1v) is 12.9. The van der Waals surface area contributed by atoms with Gasteiger partial charge < -0.3 is 9.88 Å². The minimum atomic E-state index is -0.404. The molecule has 35 heavy (non-hydrogen) atoms. The first-order chi connectivity index (χ1) is 16.9. The van der Waals surface area contributed by atoms with Crippen molar-refractivity contribution in [3.05, 3.63) is 58.6 Å². The Kier molecular flexibility index (Phi) is 6.46. The molecule has 1 unspecified atom stereocenters. The van der Waals surface area contributed by atoms with Gasteiger partial charge in [-0.3, -0.25) is 9.59 Å². The average molecular weight is 492 g/mol. The number of nitrogens with zero attached hydrogens (tertiary/aromatic N) is 6. The van der Waals surface area contributed by atoms with Crippen molar-refractivity contribution in [2.45, 2.75) is 69.4 Å². The second-order valence-electron chi connectivity index (χ2n) is 9.06. The topological polar surface area (TPSA) is 99.6 Å². The quantitative estimate of drug-likeness (QED) is 0.321. The Bertz CT molecular complexity index is 1370. The van der Waals surface area contributed by atoms with E-state index in [1.165, 1.54) is 16.4 Å². The second kappa shape index (κ2) is 9.69. The Balaban J connectivity index is 1.51. The third kappa shape index (κ3) is 4.50. The van der Waals surface area contributed by atoms with Crippen molar-refractivity contribution < 1.29 is 4.79 Å². The molecule has 3 aliphatic heterocycles. The minimum absolute atomic E-state index is 0.124. The molecule has 0 saturated heterocycles. The molecule has 1 aromatic heterocycles. The fourth-order valence-electron chi connectivity index (χ4n) is 4.45. The third-order valence-electron chi connectivity index (χ3n) is 6.23. The number of carbonyl (C=O) groups excluding carboxylic acids is 1. The van der Waals surface area contributed by atoms with Crippen LogP contribution in [0.2, 0.25) is 0 Å². The summed E-state index contributed by atoms with van der Waals surface area (Å²) < 4.78 is 5.34. The van der Waals surface area contributed by atoms with Crippen LogP contribution in [0.4, 0.5) is 5.82 Å². The van der Waals surface area contributed by atoms with E-state index in [-0.39, 0.29) is 17.5 Å². The Labute approximate surface area is 207 Å². The van der Waals surface area contributed by atoms with E-state index in [1.54, 1.807) is 16.9 Å². The van der Waals surface area contributed by atoms with Crippen LogP contribution in [-0.2, 0) is 17.8 Å². The normalized spacial score (nSPS) is 14.6. The molecule has 1 aromatic carbocycles. The van der Waals surface area contributed by atoms with Gasteiger partial charge in [0.1, 0.15) is 11.4 Å². The molecule has 0 spiro atoms. The average Bonchev–Trinajstić information content (AvgIpc) is 3.35. The van der Waals surface area contributed by atoms with Crippen molar-refractivity contribution in [1.82, 2.24) is 29.1 Å². The lowest BCUT2D eigenvalue weighted by Crippen LogP contribution is -2.26. The number of amides is 1. The van der Waals surface area contributed by atoms with E-state index in [0.717, 1.165) is 37.9 Å². The predicted molar refractivity (Wildman–Crippen MR) is 136 cm³/mol. The zero-order valence-electron chi connectivity index (χ0n) is 20.1. The molecule has 5 rings (SSSR count). The van der Waals surface area contributed by atoms with E-state index in [0.29, 0.717) is 28.0 Å². The first-order valence-electron chi connectivity index (χ1n) is 12.0. The largest absolute Gasteiger partial charge is 0.324 e. The number of hydrogen-bond donors (Lipinski definition) is 1. The Hall–Kier alpha value is -3.40. The fourth-order valence-corrected chi connectivity index (χ4v) is 5.40. The molecular formula is C25H29N7O2S. The van der Waals surface area contributed by atoms with Gasteiger partial charge in [-0.2, -0.15) is 9.78 Å². The highest BCUT2D eigenvalue weighted by Crippen LogP contribution is 2.32. The van der Waals surface area contributed by atoms with Gasteiger partial charge in [0.05, 0.1) is 17.1 Å². The van der Waals surface area contributed by atoms with E-state index >= 15 is 0 Å². The third-order valence-corrected chi connectivity index (χ3v) is 7.32. The zero-order valence-corrected chi connectivity index (χ0v) is 21.0. The Morgan fingerprint density at radius 1 is 1.09 bits per heavy atom. The van der Waals surface area contributed by atoms with Gasteiger partial charge in [0, 0.05) is 24.3 Å². The number of rotatable bonds is 6. The summed E-state index contributed by atoms with van der Waals surface area (Å²) >= 11 is 1.40. The van der Waals surface area contributed by atoms with Gasteiger partial charge in [-0.05, 0) is 52.2 Å². The van der Waals surface area contributed by atoms with Crippen LogP contribution >= 0.6 is 11.8 Å². The molecule has 182 valence electrons. The molecule has 4 heterocycles. The lowest BCUT2D eigenvalue weighted by Gasteiger charge is -2.20. The number of benzene rings is 1. The molecule has 0 aliphatic carbocycles. The summed E-state index contributed by atoms with van der Waals surface area (Å²) in [7, 11) is 0. The van der Waals surface area contributed by atoms with Crippen LogP contribution < -0.4 is 10.9 Å². The molecular weight excluding hydrogens is 462 g/mol. The number of carbonyl (C=O) groups is 1. The summed E-state index contributed by atoms with van der Waals surface area (Å²) in [6.45, 7) is 6.67. The number of nitrogens with one attached hydrogen (secondary N) is 1. The van der Waals surface area contributed by atoms with Crippen molar-refractivity contribution in [3.63, 3.8) is 0 Å². The van der Waals surface area contributed by atoms with Gasteiger partial charge in [0.15, 0.2) is 11.0 Å². The summed E-state index contributed by atoms with van der Waals surface area (Å²) in [4.78, 5) is 31.2. The molecule has 2 aromatic rings. The van der Waals surface area contributed by atoms with Crippen LogP contribution in [0, 0.1) is 0 Å². The van der Waals surface area contributed by atoms with Crippen molar-refractivity contribution in [3.8, 4) is 17.1 Å². The minimum Gasteiger partial charge on any atom is -0.324 e. The smallest absolute Gasteiger partial charge is 0.284 e. The molecule has 3 aliphatic rings. The molecule has 10 heteroatoms. The number of anilines is 1. The van der Waals surface area contributed by atoms with Gasteiger partial charge in [-0.1, -0.05) is 36.4 Å². The number of fused-ring (bicyclic) bond motifs is 3. The summed E-state index contributed by atoms with van der Waals surface area (Å²) in [6, 6.07) is 11.3. The highest BCUT2D eigenvalue weighted by atomic mass is 32.2. The van der Waals surface area contributed by atoms with Crippen molar-refractivity contribution in [2.24, 2.45) is 0 Å². The molecule has 0 radical (unpaired) electrons. The summed E-state index contributed by atoms with van der Waals surface area (Å²) in [5, 5.41) is 12.2. The van der Waals surface area contributed by atoms with E-state index in [1.807, 2.05) is 51.1 Å². The van der Waals surface area contributed by atoms with E-state index in [9.17, 15) is 9.59 Å². The van der Waals surface area contributed by atoms with Gasteiger partial charge in [-0.15, -0.1) is 5.10 Å². The molecule has 9 nitrogen and oxygen atoms in total. The van der Waals surface area contributed by atoms with Gasteiger partial charge in [0.2, 0.25) is 5.91 Å². The van der Waals surface area contributed by atoms with Crippen LogP contribution in [-0.4, -0.2) is 40.3 Å². The molecule has 0 saturated carbocycles. The summed E-state index contributed by atoms with van der Waals surface area (Å²) in [6.07, 6.45) is 5.57. The summed E-state index contributed by atoms with van der Waals surface area (Å²) in [5.41, 5.74) is 2.12.